The van der Waals surface area contributed by atoms with Crippen LogP contribution in [0.25, 0.3) is 0 Å². The van der Waals surface area contributed by atoms with Crippen molar-refractivity contribution in [1.29, 1.82) is 0 Å². The highest BCUT2D eigenvalue weighted by atomic mass is 16.5. The third-order valence-electron chi connectivity index (χ3n) is 3.16. The Morgan fingerprint density at radius 1 is 1.27 bits per heavy atom. The van der Waals surface area contributed by atoms with Crippen molar-refractivity contribution in [3.63, 3.8) is 0 Å². The van der Waals surface area contributed by atoms with Gasteiger partial charge in [0.15, 0.2) is 0 Å². The molecule has 1 unspecified atom stereocenters. The largest absolute Gasteiger partial charge is 0.497 e. The van der Waals surface area contributed by atoms with Crippen molar-refractivity contribution in [2.24, 2.45) is 5.41 Å². The third kappa shape index (κ3) is 4.87. The summed E-state index contributed by atoms with van der Waals surface area (Å²) in [6.45, 7) is 5.12. The summed E-state index contributed by atoms with van der Waals surface area (Å²) in [5.41, 5.74) is -0.386. The standard InChI is InChI=1S/C16H21NO5/c1-16(2,3)13(18)9-12(15(20)21)17-14(19)10-6-5-7-11(8-10)22-4/h5-8,12H,9H2,1-4H3,(H,17,19)(H,20,21). The Hall–Kier alpha value is -2.37. The number of hydrogen-bond donors (Lipinski definition) is 2. The van der Waals surface area contributed by atoms with Gasteiger partial charge in [0, 0.05) is 17.4 Å². The van der Waals surface area contributed by atoms with Crippen LogP contribution in [0.5, 0.6) is 5.75 Å². The Labute approximate surface area is 129 Å². The molecule has 1 amide bonds. The Balaban J connectivity index is 2.84. The molecule has 0 bridgehead atoms. The van der Waals surface area contributed by atoms with Crippen LogP contribution in [0.4, 0.5) is 0 Å². The molecule has 120 valence electrons. The quantitative estimate of drug-likeness (QED) is 0.837. The Bertz CT molecular complexity index is 574. The van der Waals surface area contributed by atoms with Crippen LogP contribution in [0.3, 0.4) is 0 Å². The van der Waals surface area contributed by atoms with Crippen LogP contribution in [-0.4, -0.2) is 35.9 Å². The van der Waals surface area contributed by atoms with Gasteiger partial charge < -0.3 is 15.2 Å². The van der Waals surface area contributed by atoms with Crippen molar-refractivity contribution >= 4 is 17.7 Å². The maximum Gasteiger partial charge on any atom is 0.326 e. The first-order chi connectivity index (χ1) is 10.1. The van der Waals surface area contributed by atoms with Crippen LogP contribution in [0, 0.1) is 5.41 Å². The van der Waals surface area contributed by atoms with E-state index in [1.54, 1.807) is 39.0 Å². The van der Waals surface area contributed by atoms with E-state index in [1.165, 1.54) is 13.2 Å². The number of hydrogen-bond acceptors (Lipinski definition) is 4. The van der Waals surface area contributed by atoms with Crippen LogP contribution in [-0.2, 0) is 9.59 Å². The van der Waals surface area contributed by atoms with Crippen LogP contribution < -0.4 is 10.1 Å². The molecule has 2 N–H and O–H groups in total. The first-order valence-electron chi connectivity index (χ1n) is 6.86. The fourth-order valence-electron chi connectivity index (χ4n) is 1.70. The summed E-state index contributed by atoms with van der Waals surface area (Å²) in [5, 5.41) is 11.6. The zero-order chi connectivity index (χ0) is 16.9. The maximum atomic E-state index is 12.1. The second kappa shape index (κ2) is 7.06. The van der Waals surface area contributed by atoms with Gasteiger partial charge in [-0.15, -0.1) is 0 Å². The number of aliphatic carboxylic acids is 1. The van der Waals surface area contributed by atoms with E-state index in [9.17, 15) is 19.5 Å². The molecule has 0 radical (unpaired) electrons. The highest BCUT2D eigenvalue weighted by Gasteiger charge is 2.29. The number of amides is 1. The lowest BCUT2D eigenvalue weighted by molar-refractivity contribution is -0.142. The molecule has 0 spiro atoms. The molecule has 1 aromatic carbocycles. The Morgan fingerprint density at radius 2 is 1.91 bits per heavy atom. The number of Topliss-reactive ketones (excluding diaryl/α,β-unsaturated/α-hetero) is 1. The van der Waals surface area contributed by atoms with E-state index in [-0.39, 0.29) is 17.8 Å². The summed E-state index contributed by atoms with van der Waals surface area (Å²) >= 11 is 0. The molecule has 0 saturated heterocycles. The van der Waals surface area contributed by atoms with Crippen LogP contribution in [0.2, 0.25) is 0 Å². The number of rotatable bonds is 6. The minimum absolute atomic E-state index is 0.231. The van der Waals surface area contributed by atoms with E-state index in [0.29, 0.717) is 5.75 Å². The molecule has 6 nitrogen and oxygen atoms in total. The second-order valence-corrected chi connectivity index (χ2v) is 5.97. The normalized spacial score (nSPS) is 12.4. The number of carbonyl (C=O) groups is 3. The van der Waals surface area contributed by atoms with Crippen molar-refractivity contribution in [3.05, 3.63) is 29.8 Å². The van der Waals surface area contributed by atoms with E-state index in [1.807, 2.05) is 0 Å². The zero-order valence-electron chi connectivity index (χ0n) is 13.2. The highest BCUT2D eigenvalue weighted by Crippen LogP contribution is 2.18. The molecule has 0 saturated carbocycles. The smallest absolute Gasteiger partial charge is 0.326 e. The summed E-state index contributed by atoms with van der Waals surface area (Å²) < 4.78 is 5.02. The van der Waals surface area contributed by atoms with Gasteiger partial charge in [-0.3, -0.25) is 9.59 Å². The SMILES string of the molecule is COc1cccc(C(=O)NC(CC(=O)C(C)(C)C)C(=O)O)c1. The Morgan fingerprint density at radius 3 is 2.41 bits per heavy atom. The number of carboxylic acid groups (broad SMARTS) is 1. The van der Waals surface area contributed by atoms with Gasteiger partial charge in [0.2, 0.25) is 0 Å². The van der Waals surface area contributed by atoms with E-state index in [4.69, 9.17) is 4.74 Å². The zero-order valence-corrected chi connectivity index (χ0v) is 13.2. The van der Waals surface area contributed by atoms with E-state index in [0.717, 1.165) is 0 Å². The molecule has 1 atom stereocenters. The molecule has 0 aliphatic rings. The average molecular weight is 307 g/mol. The molecule has 0 heterocycles. The van der Waals surface area contributed by atoms with Crippen molar-refractivity contribution in [3.8, 4) is 5.75 Å². The number of nitrogens with one attached hydrogen (secondary N) is 1. The van der Waals surface area contributed by atoms with E-state index in [2.05, 4.69) is 5.32 Å². The molecular weight excluding hydrogens is 286 g/mol. The first kappa shape index (κ1) is 17.7. The summed E-state index contributed by atoms with van der Waals surface area (Å²) in [4.78, 5) is 35.3. The van der Waals surface area contributed by atoms with Gasteiger partial charge in [-0.1, -0.05) is 26.8 Å². The van der Waals surface area contributed by atoms with Gasteiger partial charge in [0.25, 0.3) is 5.91 Å². The number of carbonyl (C=O) groups excluding carboxylic acids is 2. The summed E-state index contributed by atoms with van der Waals surface area (Å²) in [6, 6.07) is 5.09. The van der Waals surface area contributed by atoms with Crippen molar-refractivity contribution in [2.45, 2.75) is 33.2 Å². The number of ketones is 1. The molecule has 1 rings (SSSR count). The van der Waals surface area contributed by atoms with Gasteiger partial charge in [-0.05, 0) is 18.2 Å². The maximum absolute atomic E-state index is 12.1. The monoisotopic (exact) mass is 307 g/mol. The van der Waals surface area contributed by atoms with Gasteiger partial charge >= 0.3 is 5.97 Å². The van der Waals surface area contributed by atoms with Crippen molar-refractivity contribution < 1.29 is 24.2 Å². The average Bonchev–Trinajstić information content (AvgIpc) is 2.45. The van der Waals surface area contributed by atoms with E-state index < -0.39 is 23.3 Å². The van der Waals surface area contributed by atoms with Crippen LogP contribution in [0.1, 0.15) is 37.6 Å². The molecule has 0 aromatic heterocycles. The summed E-state index contributed by atoms with van der Waals surface area (Å²) in [6.07, 6.45) is -0.255. The highest BCUT2D eigenvalue weighted by molar-refractivity contribution is 5.98. The fraction of sp³-hybridized carbons (Fsp3) is 0.438. The number of benzene rings is 1. The van der Waals surface area contributed by atoms with E-state index >= 15 is 0 Å². The second-order valence-electron chi connectivity index (χ2n) is 5.97. The molecule has 6 heteroatoms. The third-order valence-corrected chi connectivity index (χ3v) is 3.16. The van der Waals surface area contributed by atoms with Gasteiger partial charge in [0.05, 0.1) is 7.11 Å². The van der Waals surface area contributed by atoms with Gasteiger partial charge in [0.1, 0.15) is 17.6 Å². The van der Waals surface area contributed by atoms with Crippen molar-refractivity contribution in [2.75, 3.05) is 7.11 Å². The molecule has 0 aliphatic carbocycles. The summed E-state index contributed by atoms with van der Waals surface area (Å²) in [7, 11) is 1.47. The molecular formula is C16H21NO5. The lowest BCUT2D eigenvalue weighted by atomic mass is 9.87. The van der Waals surface area contributed by atoms with Gasteiger partial charge in [-0.2, -0.15) is 0 Å². The number of ether oxygens (including phenoxy) is 1. The lowest BCUT2D eigenvalue weighted by Crippen LogP contribution is -2.43. The topological polar surface area (TPSA) is 92.7 Å². The predicted molar refractivity (Wildman–Crippen MR) is 81.0 cm³/mol. The van der Waals surface area contributed by atoms with Crippen LogP contribution in [0.15, 0.2) is 24.3 Å². The minimum Gasteiger partial charge on any atom is -0.497 e. The van der Waals surface area contributed by atoms with Gasteiger partial charge in [-0.25, -0.2) is 4.79 Å². The first-order valence-corrected chi connectivity index (χ1v) is 6.86. The minimum atomic E-state index is -1.26. The molecule has 22 heavy (non-hydrogen) atoms. The molecule has 0 fully saturated rings. The summed E-state index contributed by atoms with van der Waals surface area (Å²) in [5.74, 6) is -1.54. The Kier molecular flexibility index (Phi) is 5.68. The lowest BCUT2D eigenvalue weighted by Gasteiger charge is -2.20. The molecule has 1 aromatic rings. The number of methoxy groups -OCH3 is 1. The van der Waals surface area contributed by atoms with Crippen LogP contribution >= 0.6 is 0 Å². The number of carboxylic acids is 1. The molecule has 0 aliphatic heterocycles. The van der Waals surface area contributed by atoms with Crippen molar-refractivity contribution in [1.82, 2.24) is 5.32 Å². The predicted octanol–water partition coefficient (Wildman–Crippen LogP) is 1.88. The fourth-order valence-corrected chi connectivity index (χ4v) is 1.70.